The second-order valence-corrected chi connectivity index (χ2v) is 7.34. The number of nitrogens with one attached hydrogen (secondary N) is 2. The van der Waals surface area contributed by atoms with E-state index in [4.69, 9.17) is 17.0 Å². The van der Waals surface area contributed by atoms with Gasteiger partial charge in [0.15, 0.2) is 5.11 Å². The van der Waals surface area contributed by atoms with Gasteiger partial charge in [0.05, 0.1) is 6.10 Å². The van der Waals surface area contributed by atoms with Gasteiger partial charge in [0.2, 0.25) is 0 Å². The van der Waals surface area contributed by atoms with Gasteiger partial charge in [0, 0.05) is 57.6 Å². The lowest BCUT2D eigenvalue weighted by atomic mass is 10.2. The Labute approximate surface area is 156 Å². The highest BCUT2D eigenvalue weighted by Crippen LogP contribution is 2.16. The summed E-state index contributed by atoms with van der Waals surface area (Å²) >= 11 is 5.39. The van der Waals surface area contributed by atoms with Crippen LogP contribution in [-0.4, -0.2) is 68.0 Å². The van der Waals surface area contributed by atoms with Crippen LogP contribution in [0.5, 0.6) is 0 Å². The molecule has 0 radical (unpaired) electrons. The second kappa shape index (κ2) is 9.36. The van der Waals surface area contributed by atoms with Crippen molar-refractivity contribution in [1.29, 1.82) is 0 Å². The molecule has 0 spiro atoms. The summed E-state index contributed by atoms with van der Waals surface area (Å²) in [6, 6.07) is 11.2. The third kappa shape index (κ3) is 5.56. The van der Waals surface area contributed by atoms with Crippen LogP contribution < -0.4 is 15.5 Å². The van der Waals surface area contributed by atoms with E-state index in [9.17, 15) is 0 Å². The van der Waals surface area contributed by atoms with Crippen LogP contribution in [0.25, 0.3) is 0 Å². The van der Waals surface area contributed by atoms with Crippen LogP contribution in [0.2, 0.25) is 0 Å². The van der Waals surface area contributed by atoms with E-state index in [-0.39, 0.29) is 0 Å². The molecular formula is C19H30N4OS. The molecule has 0 saturated carbocycles. The van der Waals surface area contributed by atoms with Crippen molar-refractivity contribution >= 4 is 23.0 Å². The highest BCUT2D eigenvalue weighted by molar-refractivity contribution is 7.80. The molecule has 2 aliphatic rings. The van der Waals surface area contributed by atoms with Crippen LogP contribution in [0.4, 0.5) is 5.69 Å². The molecule has 0 aliphatic carbocycles. The molecule has 2 aliphatic heterocycles. The number of piperazine rings is 1. The molecule has 5 nitrogen and oxygen atoms in total. The monoisotopic (exact) mass is 362 g/mol. The number of hydrogen-bond acceptors (Lipinski definition) is 4. The Kier molecular flexibility index (Phi) is 6.90. The molecule has 25 heavy (non-hydrogen) atoms. The predicted molar refractivity (Wildman–Crippen MR) is 107 cm³/mol. The third-order valence-electron chi connectivity index (χ3n) is 5.13. The smallest absolute Gasteiger partial charge is 0.166 e. The van der Waals surface area contributed by atoms with E-state index in [2.05, 4.69) is 57.7 Å². The summed E-state index contributed by atoms with van der Waals surface area (Å²) in [5.74, 6) is 0. The summed E-state index contributed by atoms with van der Waals surface area (Å²) in [6.07, 6.45) is 2.62. The van der Waals surface area contributed by atoms with Gasteiger partial charge in [-0.2, -0.15) is 0 Å². The van der Waals surface area contributed by atoms with E-state index in [1.807, 2.05) is 0 Å². The standard InChI is InChI=1S/C19H30N4OS/c1-16(14-20-19(25)21-15-18-8-5-13-24-18)22-9-11-23(12-10-22)17-6-3-2-4-7-17/h2-4,6-7,16,18H,5,8-15H2,1H3,(H2,20,21,25). The van der Waals surface area contributed by atoms with Crippen LogP contribution in [0, 0.1) is 0 Å². The van der Waals surface area contributed by atoms with Crippen molar-refractivity contribution in [3.8, 4) is 0 Å². The molecule has 6 heteroatoms. The molecule has 0 amide bonds. The second-order valence-electron chi connectivity index (χ2n) is 6.93. The first-order chi connectivity index (χ1) is 12.2. The fraction of sp³-hybridized carbons (Fsp3) is 0.632. The number of nitrogens with zero attached hydrogens (tertiary/aromatic N) is 2. The van der Waals surface area contributed by atoms with Crippen molar-refractivity contribution in [2.45, 2.75) is 31.9 Å². The molecule has 2 unspecified atom stereocenters. The summed E-state index contributed by atoms with van der Waals surface area (Å²) in [5.41, 5.74) is 1.33. The predicted octanol–water partition coefficient (Wildman–Crippen LogP) is 1.84. The zero-order chi connectivity index (χ0) is 17.5. The first-order valence-corrected chi connectivity index (χ1v) is 9.80. The summed E-state index contributed by atoms with van der Waals surface area (Å²) in [6.45, 7) is 9.19. The summed E-state index contributed by atoms with van der Waals surface area (Å²) in [7, 11) is 0. The minimum Gasteiger partial charge on any atom is -0.376 e. The van der Waals surface area contributed by atoms with Crippen LogP contribution in [0.3, 0.4) is 0 Å². The van der Waals surface area contributed by atoms with Gasteiger partial charge in [0.25, 0.3) is 0 Å². The maximum atomic E-state index is 5.61. The van der Waals surface area contributed by atoms with Gasteiger partial charge >= 0.3 is 0 Å². The van der Waals surface area contributed by atoms with E-state index in [1.54, 1.807) is 0 Å². The van der Waals surface area contributed by atoms with Gasteiger partial charge < -0.3 is 20.3 Å². The number of anilines is 1. The summed E-state index contributed by atoms with van der Waals surface area (Å²) < 4.78 is 5.61. The highest BCUT2D eigenvalue weighted by Gasteiger charge is 2.21. The van der Waals surface area contributed by atoms with Gasteiger partial charge in [-0.15, -0.1) is 0 Å². The van der Waals surface area contributed by atoms with Crippen LogP contribution in [0.15, 0.2) is 30.3 Å². The lowest BCUT2D eigenvalue weighted by Gasteiger charge is -2.39. The quantitative estimate of drug-likeness (QED) is 0.753. The van der Waals surface area contributed by atoms with Crippen LogP contribution >= 0.6 is 12.2 Å². The summed E-state index contributed by atoms with van der Waals surface area (Å²) in [5, 5.41) is 7.38. The average molecular weight is 363 g/mol. The van der Waals surface area contributed by atoms with Crippen molar-refractivity contribution in [1.82, 2.24) is 15.5 Å². The number of para-hydroxylation sites is 1. The lowest BCUT2D eigenvalue weighted by Crippen LogP contribution is -2.53. The third-order valence-corrected chi connectivity index (χ3v) is 5.42. The number of thiocarbonyl (C=S) groups is 1. The molecule has 1 aromatic rings. The number of hydrogen-bond donors (Lipinski definition) is 2. The van der Waals surface area contributed by atoms with E-state index >= 15 is 0 Å². The topological polar surface area (TPSA) is 39.8 Å². The molecule has 2 heterocycles. The van der Waals surface area contributed by atoms with Crippen molar-refractivity contribution in [2.75, 3.05) is 50.8 Å². The molecule has 2 N–H and O–H groups in total. The van der Waals surface area contributed by atoms with Crippen LogP contribution in [0.1, 0.15) is 19.8 Å². The summed E-state index contributed by atoms with van der Waals surface area (Å²) in [4.78, 5) is 5.00. The van der Waals surface area contributed by atoms with Gasteiger partial charge in [-0.05, 0) is 44.1 Å². The van der Waals surface area contributed by atoms with Gasteiger partial charge in [0.1, 0.15) is 0 Å². The number of ether oxygens (including phenoxy) is 1. The zero-order valence-electron chi connectivity index (χ0n) is 15.1. The van der Waals surface area contributed by atoms with E-state index < -0.39 is 0 Å². The number of rotatable bonds is 6. The Morgan fingerprint density at radius 3 is 2.64 bits per heavy atom. The molecule has 0 bridgehead atoms. The Morgan fingerprint density at radius 1 is 1.20 bits per heavy atom. The Balaban J connectivity index is 1.33. The first-order valence-electron chi connectivity index (χ1n) is 9.40. The molecule has 138 valence electrons. The van der Waals surface area contributed by atoms with Crippen molar-refractivity contribution in [3.63, 3.8) is 0 Å². The fourth-order valence-electron chi connectivity index (χ4n) is 3.50. The zero-order valence-corrected chi connectivity index (χ0v) is 15.9. The van der Waals surface area contributed by atoms with E-state index in [1.165, 1.54) is 12.1 Å². The maximum Gasteiger partial charge on any atom is 0.166 e. The maximum absolute atomic E-state index is 5.61. The lowest BCUT2D eigenvalue weighted by molar-refractivity contribution is 0.114. The molecule has 2 saturated heterocycles. The SMILES string of the molecule is CC(CNC(=S)NCC1CCCO1)N1CCN(c2ccccc2)CC1. The Hall–Kier alpha value is -1.37. The minimum atomic E-state index is 0.322. The Bertz CT molecular complexity index is 527. The molecule has 0 aromatic heterocycles. The van der Waals surface area contributed by atoms with Crippen LogP contribution in [-0.2, 0) is 4.74 Å². The Morgan fingerprint density at radius 2 is 1.96 bits per heavy atom. The minimum absolute atomic E-state index is 0.322. The molecule has 2 fully saturated rings. The fourth-order valence-corrected chi connectivity index (χ4v) is 3.67. The van der Waals surface area contributed by atoms with Crippen molar-refractivity contribution < 1.29 is 4.74 Å². The highest BCUT2D eigenvalue weighted by atomic mass is 32.1. The molecule has 1 aromatic carbocycles. The normalized spacial score (nSPS) is 22.6. The van der Waals surface area contributed by atoms with E-state index in [0.717, 1.165) is 57.4 Å². The van der Waals surface area contributed by atoms with Gasteiger partial charge in [-0.25, -0.2) is 0 Å². The molecule has 2 atom stereocenters. The van der Waals surface area contributed by atoms with Gasteiger partial charge in [-0.3, -0.25) is 4.90 Å². The average Bonchev–Trinajstić information content (AvgIpc) is 3.19. The van der Waals surface area contributed by atoms with Crippen molar-refractivity contribution in [2.24, 2.45) is 0 Å². The van der Waals surface area contributed by atoms with Gasteiger partial charge in [-0.1, -0.05) is 18.2 Å². The molecular weight excluding hydrogens is 332 g/mol. The first kappa shape index (κ1) is 18.4. The molecule has 3 rings (SSSR count). The largest absolute Gasteiger partial charge is 0.376 e. The number of benzene rings is 1. The van der Waals surface area contributed by atoms with E-state index in [0.29, 0.717) is 12.1 Å². The van der Waals surface area contributed by atoms with Crippen molar-refractivity contribution in [3.05, 3.63) is 30.3 Å².